The van der Waals surface area contributed by atoms with E-state index >= 15 is 0 Å². The smallest absolute Gasteiger partial charge is 0.255 e. The van der Waals surface area contributed by atoms with Gasteiger partial charge in [0.2, 0.25) is 0 Å². The van der Waals surface area contributed by atoms with Gasteiger partial charge in [0.15, 0.2) is 5.76 Å². The number of hydrogen-bond acceptors (Lipinski definition) is 6. The van der Waals surface area contributed by atoms with E-state index in [0.717, 1.165) is 18.3 Å². The fourth-order valence-electron chi connectivity index (χ4n) is 1.67. The summed E-state index contributed by atoms with van der Waals surface area (Å²) in [6.07, 6.45) is 2.39. The zero-order valence-electron chi connectivity index (χ0n) is 9.46. The van der Waals surface area contributed by atoms with Gasteiger partial charge in [0.25, 0.3) is 6.20 Å². The maximum atomic E-state index is 10.5. The first-order valence-corrected chi connectivity index (χ1v) is 5.32. The Bertz CT molecular complexity index is 441. The van der Waals surface area contributed by atoms with E-state index in [1.165, 1.54) is 5.06 Å². The van der Waals surface area contributed by atoms with Crippen molar-refractivity contribution in [1.29, 1.82) is 0 Å². The normalized spacial score (nSPS) is 18.6. The number of nitrogens with zero attached hydrogens (tertiary/aromatic N) is 3. The zero-order valence-corrected chi connectivity index (χ0v) is 9.46. The molecule has 2 rings (SSSR count). The fourth-order valence-corrected chi connectivity index (χ4v) is 1.67. The number of aromatic nitrogens is 1. The Kier molecular flexibility index (Phi) is 3.38. The van der Waals surface area contributed by atoms with Gasteiger partial charge in [-0.3, -0.25) is 15.0 Å². The molecule has 0 atom stereocenters. The van der Waals surface area contributed by atoms with Crippen LogP contribution in [0.15, 0.2) is 22.5 Å². The third-order valence-electron chi connectivity index (χ3n) is 2.38. The topological polar surface area (TPSA) is 81.6 Å². The first-order chi connectivity index (χ1) is 8.15. The largest absolute Gasteiger partial charge is 0.359 e. The van der Waals surface area contributed by atoms with E-state index < -0.39 is 4.92 Å². The van der Waals surface area contributed by atoms with Gasteiger partial charge in [-0.15, -0.1) is 0 Å². The molecular weight excluding hydrogens is 226 g/mol. The zero-order chi connectivity index (χ0) is 12.3. The van der Waals surface area contributed by atoms with Crippen LogP contribution in [-0.2, 0) is 11.4 Å². The van der Waals surface area contributed by atoms with Gasteiger partial charge in [0.05, 0.1) is 17.2 Å². The number of allylic oxidation sites excluding steroid dienone is 1. The highest BCUT2D eigenvalue weighted by molar-refractivity contribution is 5.05. The Morgan fingerprint density at radius 2 is 2.53 bits per heavy atom. The monoisotopic (exact) mass is 239 g/mol. The summed E-state index contributed by atoms with van der Waals surface area (Å²) < 4.78 is 5.05. The summed E-state index contributed by atoms with van der Waals surface area (Å²) in [5.41, 5.74) is 1.33. The van der Waals surface area contributed by atoms with Crippen molar-refractivity contribution < 1.29 is 14.3 Å². The average molecular weight is 239 g/mol. The van der Waals surface area contributed by atoms with Crippen LogP contribution in [0.2, 0.25) is 0 Å². The second-order valence-electron chi connectivity index (χ2n) is 3.81. The van der Waals surface area contributed by atoms with E-state index in [-0.39, 0.29) is 0 Å². The fraction of sp³-hybridized carbons (Fsp3) is 0.500. The Labute approximate surface area is 97.7 Å². The molecule has 0 aliphatic carbocycles. The highest BCUT2D eigenvalue weighted by Crippen LogP contribution is 2.21. The highest BCUT2D eigenvalue weighted by Gasteiger charge is 2.20. The Morgan fingerprint density at radius 3 is 3.18 bits per heavy atom. The second kappa shape index (κ2) is 4.96. The van der Waals surface area contributed by atoms with Gasteiger partial charge in [-0.05, 0) is 19.8 Å². The van der Waals surface area contributed by atoms with Crippen molar-refractivity contribution in [2.24, 2.45) is 0 Å². The Balaban J connectivity index is 2.09. The van der Waals surface area contributed by atoms with E-state index in [2.05, 4.69) is 5.16 Å². The summed E-state index contributed by atoms with van der Waals surface area (Å²) in [5.74, 6) is 0.624. The summed E-state index contributed by atoms with van der Waals surface area (Å²) >= 11 is 0. The molecule has 17 heavy (non-hydrogen) atoms. The van der Waals surface area contributed by atoms with Crippen molar-refractivity contribution in [3.8, 4) is 0 Å². The molecule has 92 valence electrons. The van der Waals surface area contributed by atoms with Gasteiger partial charge in [-0.1, -0.05) is 5.16 Å². The van der Waals surface area contributed by atoms with Crippen LogP contribution in [0, 0.1) is 17.0 Å². The van der Waals surface area contributed by atoms with E-state index in [9.17, 15) is 10.1 Å². The molecule has 1 aromatic rings. The molecule has 7 nitrogen and oxygen atoms in total. The number of hydrogen-bond donors (Lipinski definition) is 0. The number of nitro groups is 1. The average Bonchev–Trinajstić information content (AvgIpc) is 2.66. The van der Waals surface area contributed by atoms with Crippen molar-refractivity contribution in [3.05, 3.63) is 39.5 Å². The minimum atomic E-state index is -0.470. The van der Waals surface area contributed by atoms with Gasteiger partial charge < -0.3 is 4.52 Å². The standard InChI is InChI=1S/C10H13N3O4/c1-8-5-10(17-11-8)7-12-9(6-13(14)15)3-2-4-16-12/h5-6H,2-4,7H2,1H3/b9-6+. The molecule has 1 fully saturated rings. The maximum absolute atomic E-state index is 10.5. The Hall–Kier alpha value is -1.89. The molecule has 0 bridgehead atoms. The lowest BCUT2D eigenvalue weighted by Gasteiger charge is -2.27. The Morgan fingerprint density at radius 1 is 1.71 bits per heavy atom. The molecule has 0 amide bonds. The molecule has 1 aliphatic rings. The third-order valence-corrected chi connectivity index (χ3v) is 2.38. The van der Waals surface area contributed by atoms with Crippen LogP contribution in [0.3, 0.4) is 0 Å². The molecule has 1 aromatic heterocycles. The second-order valence-corrected chi connectivity index (χ2v) is 3.81. The van der Waals surface area contributed by atoms with Crippen molar-refractivity contribution in [1.82, 2.24) is 10.2 Å². The van der Waals surface area contributed by atoms with Gasteiger partial charge in [0.1, 0.15) is 12.2 Å². The number of rotatable bonds is 3. The molecule has 0 saturated carbocycles. The molecule has 1 aliphatic heterocycles. The van der Waals surface area contributed by atoms with Gasteiger partial charge in [-0.2, -0.15) is 0 Å². The summed E-state index contributed by atoms with van der Waals surface area (Å²) in [6, 6.07) is 1.78. The van der Waals surface area contributed by atoms with Gasteiger partial charge in [0, 0.05) is 6.07 Å². The van der Waals surface area contributed by atoms with Crippen LogP contribution in [-0.4, -0.2) is 21.8 Å². The minimum Gasteiger partial charge on any atom is -0.359 e. The molecule has 0 unspecified atom stereocenters. The van der Waals surface area contributed by atoms with Crippen LogP contribution in [0.5, 0.6) is 0 Å². The molecule has 0 aromatic carbocycles. The number of aryl methyl sites for hydroxylation is 1. The first-order valence-electron chi connectivity index (χ1n) is 5.32. The van der Waals surface area contributed by atoms with Crippen molar-refractivity contribution in [3.63, 3.8) is 0 Å². The lowest BCUT2D eigenvalue weighted by Crippen LogP contribution is -2.28. The molecule has 7 heteroatoms. The SMILES string of the molecule is Cc1cc(CN2OCCC/C2=C\[N+](=O)[O-])on1. The van der Waals surface area contributed by atoms with E-state index in [1.54, 1.807) is 6.07 Å². The molecule has 1 saturated heterocycles. The van der Waals surface area contributed by atoms with Crippen LogP contribution in [0.1, 0.15) is 24.3 Å². The summed E-state index contributed by atoms with van der Waals surface area (Å²) in [6.45, 7) is 2.71. The summed E-state index contributed by atoms with van der Waals surface area (Å²) in [7, 11) is 0. The highest BCUT2D eigenvalue weighted by atomic mass is 16.7. The van der Waals surface area contributed by atoms with E-state index in [1.807, 2.05) is 6.92 Å². The van der Waals surface area contributed by atoms with E-state index in [0.29, 0.717) is 31.0 Å². The van der Waals surface area contributed by atoms with Crippen LogP contribution in [0.4, 0.5) is 0 Å². The van der Waals surface area contributed by atoms with Gasteiger partial charge in [-0.25, -0.2) is 5.06 Å². The molecule has 2 heterocycles. The summed E-state index contributed by atoms with van der Waals surface area (Å²) in [4.78, 5) is 15.4. The predicted octanol–water partition coefficient (Wildman–Crippen LogP) is 1.63. The van der Waals surface area contributed by atoms with Crippen molar-refractivity contribution >= 4 is 0 Å². The molecular formula is C10H13N3O4. The maximum Gasteiger partial charge on any atom is 0.255 e. The van der Waals surface area contributed by atoms with Crippen molar-refractivity contribution in [2.45, 2.75) is 26.3 Å². The quantitative estimate of drug-likeness (QED) is 0.589. The van der Waals surface area contributed by atoms with Crippen LogP contribution in [0.25, 0.3) is 0 Å². The van der Waals surface area contributed by atoms with Gasteiger partial charge >= 0.3 is 0 Å². The van der Waals surface area contributed by atoms with E-state index in [4.69, 9.17) is 9.36 Å². The summed E-state index contributed by atoms with van der Waals surface area (Å²) in [5, 5.41) is 15.7. The molecule has 0 radical (unpaired) electrons. The van der Waals surface area contributed by atoms with Crippen LogP contribution >= 0.6 is 0 Å². The molecule has 0 N–H and O–H groups in total. The lowest BCUT2D eigenvalue weighted by molar-refractivity contribution is -0.406. The predicted molar refractivity (Wildman–Crippen MR) is 57.0 cm³/mol. The number of hydroxylamine groups is 2. The first kappa shape index (κ1) is 11.6. The van der Waals surface area contributed by atoms with Crippen LogP contribution < -0.4 is 0 Å². The minimum absolute atomic E-state index is 0.334. The lowest BCUT2D eigenvalue weighted by atomic mass is 10.2. The molecule has 0 spiro atoms. The van der Waals surface area contributed by atoms with Crippen molar-refractivity contribution in [2.75, 3.05) is 6.61 Å². The third kappa shape index (κ3) is 3.04.